The molecule has 1 atom stereocenters. The molecule has 16 heavy (non-hydrogen) atoms. The first-order valence-corrected chi connectivity index (χ1v) is 7.51. The van der Waals surface area contributed by atoms with Crippen molar-refractivity contribution in [3.8, 4) is 0 Å². The highest BCUT2D eigenvalue weighted by atomic mass is 79.9. The van der Waals surface area contributed by atoms with Crippen LogP contribution in [0.15, 0.2) is 27.1 Å². The summed E-state index contributed by atoms with van der Waals surface area (Å²) in [7, 11) is 0. The Kier molecular flexibility index (Phi) is 4.08. The minimum atomic E-state index is -0.0553. The molecule has 1 aromatic rings. The van der Waals surface area contributed by atoms with Gasteiger partial charge in [0.1, 0.15) is 0 Å². The first kappa shape index (κ1) is 12.6. The van der Waals surface area contributed by atoms with Crippen LogP contribution in [0, 0.1) is 0 Å². The standard InChI is InChI=1S/C11H10Br3NO/c12-7-3-1-4-8(13)10(7)15-6-2-5-9(14)11(15)16/h1,3-4,9H,2,5-6H2. The average molecular weight is 412 g/mol. The summed E-state index contributed by atoms with van der Waals surface area (Å²) in [6, 6.07) is 5.84. The van der Waals surface area contributed by atoms with E-state index in [0.717, 1.165) is 34.0 Å². The fourth-order valence-corrected chi connectivity index (χ4v) is 3.80. The number of rotatable bonds is 1. The number of hydrogen-bond donors (Lipinski definition) is 0. The Hall–Kier alpha value is 0.130. The van der Waals surface area contributed by atoms with E-state index in [9.17, 15) is 4.79 Å². The van der Waals surface area contributed by atoms with Crippen molar-refractivity contribution in [3.63, 3.8) is 0 Å². The van der Waals surface area contributed by atoms with Gasteiger partial charge in [0.05, 0.1) is 10.5 Å². The number of piperidine rings is 1. The Morgan fingerprint density at radius 1 is 1.25 bits per heavy atom. The summed E-state index contributed by atoms with van der Waals surface area (Å²) >= 11 is 10.4. The van der Waals surface area contributed by atoms with Crippen LogP contribution in [0.25, 0.3) is 0 Å². The fraction of sp³-hybridized carbons (Fsp3) is 0.364. The van der Waals surface area contributed by atoms with E-state index in [1.165, 1.54) is 0 Å². The second-order valence-corrected chi connectivity index (χ2v) is 6.48. The van der Waals surface area contributed by atoms with Gasteiger partial charge in [0.15, 0.2) is 0 Å². The number of benzene rings is 1. The molecule has 0 aliphatic carbocycles. The topological polar surface area (TPSA) is 20.3 Å². The maximum absolute atomic E-state index is 12.1. The lowest BCUT2D eigenvalue weighted by Crippen LogP contribution is -2.42. The van der Waals surface area contributed by atoms with Crippen LogP contribution >= 0.6 is 47.8 Å². The average Bonchev–Trinajstić information content (AvgIpc) is 2.24. The van der Waals surface area contributed by atoms with Gasteiger partial charge in [-0.3, -0.25) is 4.79 Å². The number of para-hydroxylation sites is 1. The SMILES string of the molecule is O=C1C(Br)CCCN1c1c(Br)cccc1Br. The van der Waals surface area contributed by atoms with E-state index in [-0.39, 0.29) is 10.7 Å². The molecular weight excluding hydrogens is 402 g/mol. The zero-order valence-corrected chi connectivity index (χ0v) is 13.2. The van der Waals surface area contributed by atoms with E-state index >= 15 is 0 Å². The lowest BCUT2D eigenvalue weighted by Gasteiger charge is -2.31. The fourth-order valence-electron chi connectivity index (χ4n) is 1.80. The highest BCUT2D eigenvalue weighted by Gasteiger charge is 2.29. The molecule has 2 nitrogen and oxygen atoms in total. The Balaban J connectivity index is 2.40. The van der Waals surface area contributed by atoms with Gasteiger partial charge in [-0.05, 0) is 56.8 Å². The molecule has 2 rings (SSSR count). The summed E-state index contributed by atoms with van der Waals surface area (Å²) in [5, 5.41) is 0. The number of carbonyl (C=O) groups excluding carboxylic acids is 1. The summed E-state index contributed by atoms with van der Waals surface area (Å²) in [6.45, 7) is 0.780. The summed E-state index contributed by atoms with van der Waals surface area (Å²) in [4.78, 5) is 13.8. The minimum absolute atomic E-state index is 0.0553. The monoisotopic (exact) mass is 409 g/mol. The number of alkyl halides is 1. The van der Waals surface area contributed by atoms with Gasteiger partial charge in [-0.2, -0.15) is 0 Å². The van der Waals surface area contributed by atoms with E-state index in [1.807, 2.05) is 23.1 Å². The van der Waals surface area contributed by atoms with Gasteiger partial charge in [0, 0.05) is 15.5 Å². The first-order chi connectivity index (χ1) is 7.61. The molecule has 1 amide bonds. The number of halogens is 3. The molecule has 0 aromatic heterocycles. The van der Waals surface area contributed by atoms with Gasteiger partial charge in [-0.15, -0.1) is 0 Å². The number of anilines is 1. The maximum Gasteiger partial charge on any atom is 0.240 e. The molecule has 0 spiro atoms. The van der Waals surface area contributed by atoms with Crippen molar-refractivity contribution < 1.29 is 4.79 Å². The maximum atomic E-state index is 12.1. The first-order valence-electron chi connectivity index (χ1n) is 5.00. The van der Waals surface area contributed by atoms with Crippen LogP contribution in [0.1, 0.15) is 12.8 Å². The number of nitrogens with zero attached hydrogens (tertiary/aromatic N) is 1. The van der Waals surface area contributed by atoms with Gasteiger partial charge in [-0.25, -0.2) is 0 Å². The van der Waals surface area contributed by atoms with E-state index in [4.69, 9.17) is 0 Å². The van der Waals surface area contributed by atoms with Crippen molar-refractivity contribution in [2.45, 2.75) is 17.7 Å². The van der Waals surface area contributed by atoms with E-state index in [1.54, 1.807) is 0 Å². The lowest BCUT2D eigenvalue weighted by atomic mass is 10.1. The molecule has 0 bridgehead atoms. The van der Waals surface area contributed by atoms with Crippen LogP contribution in [0.5, 0.6) is 0 Å². The molecular formula is C11H10Br3NO. The third-order valence-corrected chi connectivity index (χ3v) is 4.71. The van der Waals surface area contributed by atoms with Crippen LogP contribution < -0.4 is 4.90 Å². The second kappa shape index (κ2) is 5.19. The minimum Gasteiger partial charge on any atom is -0.309 e. The van der Waals surface area contributed by atoms with Crippen molar-refractivity contribution in [2.75, 3.05) is 11.4 Å². The predicted molar refractivity (Wildman–Crippen MR) is 76.1 cm³/mol. The highest BCUT2D eigenvalue weighted by molar-refractivity contribution is 9.11. The molecule has 0 saturated carbocycles. The van der Waals surface area contributed by atoms with Crippen LogP contribution in [-0.2, 0) is 4.79 Å². The zero-order valence-electron chi connectivity index (χ0n) is 8.42. The van der Waals surface area contributed by atoms with Crippen LogP contribution in [0.3, 0.4) is 0 Å². The van der Waals surface area contributed by atoms with Crippen molar-refractivity contribution in [2.24, 2.45) is 0 Å². The molecule has 5 heteroatoms. The van der Waals surface area contributed by atoms with Gasteiger partial charge >= 0.3 is 0 Å². The predicted octanol–water partition coefficient (Wildman–Crippen LogP) is 4.10. The van der Waals surface area contributed by atoms with Crippen molar-refractivity contribution >= 4 is 59.4 Å². The molecule has 86 valence electrons. The summed E-state index contributed by atoms with van der Waals surface area (Å²) in [6.07, 6.45) is 1.94. The van der Waals surface area contributed by atoms with Gasteiger partial charge < -0.3 is 4.90 Å². The highest BCUT2D eigenvalue weighted by Crippen LogP contribution is 2.36. The van der Waals surface area contributed by atoms with Crippen molar-refractivity contribution in [3.05, 3.63) is 27.1 Å². The largest absolute Gasteiger partial charge is 0.309 e. The molecule has 1 unspecified atom stereocenters. The Morgan fingerprint density at radius 2 is 1.88 bits per heavy atom. The van der Waals surface area contributed by atoms with Crippen LogP contribution in [0.4, 0.5) is 5.69 Å². The molecule has 1 heterocycles. The molecule has 1 aliphatic rings. The number of hydrogen-bond acceptors (Lipinski definition) is 1. The molecule has 1 aromatic carbocycles. The second-order valence-electron chi connectivity index (χ2n) is 3.67. The third kappa shape index (κ3) is 2.36. The van der Waals surface area contributed by atoms with Crippen LogP contribution in [-0.4, -0.2) is 17.3 Å². The molecule has 1 saturated heterocycles. The van der Waals surface area contributed by atoms with Gasteiger partial charge in [0.2, 0.25) is 5.91 Å². The zero-order chi connectivity index (χ0) is 11.7. The Bertz CT molecular complexity index is 401. The summed E-state index contributed by atoms with van der Waals surface area (Å²) in [5.41, 5.74) is 0.927. The number of amides is 1. The molecule has 0 radical (unpaired) electrons. The smallest absolute Gasteiger partial charge is 0.240 e. The van der Waals surface area contributed by atoms with Crippen molar-refractivity contribution in [1.82, 2.24) is 0 Å². The van der Waals surface area contributed by atoms with E-state index in [0.29, 0.717) is 0 Å². The quantitative estimate of drug-likeness (QED) is 0.637. The summed E-state index contributed by atoms with van der Waals surface area (Å²) < 4.78 is 1.88. The Morgan fingerprint density at radius 3 is 2.50 bits per heavy atom. The lowest BCUT2D eigenvalue weighted by molar-refractivity contribution is -0.118. The third-order valence-electron chi connectivity index (χ3n) is 2.58. The molecule has 1 fully saturated rings. The Labute approximate surface area is 120 Å². The van der Waals surface area contributed by atoms with E-state index < -0.39 is 0 Å². The van der Waals surface area contributed by atoms with Crippen LogP contribution in [0.2, 0.25) is 0 Å². The number of carbonyl (C=O) groups is 1. The normalized spacial score (nSPS) is 21.3. The van der Waals surface area contributed by atoms with Gasteiger partial charge in [-0.1, -0.05) is 22.0 Å². The van der Waals surface area contributed by atoms with Gasteiger partial charge in [0.25, 0.3) is 0 Å². The van der Waals surface area contributed by atoms with Crippen molar-refractivity contribution in [1.29, 1.82) is 0 Å². The van der Waals surface area contributed by atoms with E-state index in [2.05, 4.69) is 47.8 Å². The molecule has 0 N–H and O–H groups in total. The molecule has 1 aliphatic heterocycles. The summed E-state index contributed by atoms with van der Waals surface area (Å²) in [5.74, 6) is 0.138.